The SMILES string of the molecule is C=CCc1cc(C=Nn2c(-c3ccccc3)nc3ccccc3c2=O)cc(OC)c1OCc1ccc(Cl)cc1Cl. The van der Waals surface area contributed by atoms with Crippen LogP contribution in [-0.2, 0) is 13.0 Å². The third-order valence-electron chi connectivity index (χ3n) is 6.23. The number of aromatic nitrogens is 2. The number of hydrogen-bond acceptors (Lipinski definition) is 5. The number of methoxy groups -OCH3 is 1. The molecule has 0 N–H and O–H groups in total. The van der Waals surface area contributed by atoms with E-state index in [0.717, 1.165) is 16.7 Å². The normalized spacial score (nSPS) is 11.2. The van der Waals surface area contributed by atoms with E-state index in [1.807, 2.05) is 60.7 Å². The lowest BCUT2D eigenvalue weighted by Crippen LogP contribution is -2.20. The highest BCUT2D eigenvalue weighted by atomic mass is 35.5. The van der Waals surface area contributed by atoms with Crippen LogP contribution in [-0.4, -0.2) is 23.0 Å². The van der Waals surface area contributed by atoms with E-state index in [1.54, 1.807) is 43.7 Å². The summed E-state index contributed by atoms with van der Waals surface area (Å²) < 4.78 is 13.2. The Labute approximate surface area is 241 Å². The highest BCUT2D eigenvalue weighted by molar-refractivity contribution is 6.35. The van der Waals surface area contributed by atoms with Gasteiger partial charge in [-0.3, -0.25) is 4.79 Å². The molecule has 0 unspecified atom stereocenters. The van der Waals surface area contributed by atoms with Crippen molar-refractivity contribution in [3.05, 3.63) is 135 Å². The van der Waals surface area contributed by atoms with Crippen molar-refractivity contribution in [2.45, 2.75) is 13.0 Å². The average Bonchev–Trinajstić information content (AvgIpc) is 2.97. The summed E-state index contributed by atoms with van der Waals surface area (Å²) in [5, 5.41) is 6.14. The lowest BCUT2D eigenvalue weighted by atomic mass is 10.1. The van der Waals surface area contributed by atoms with Crippen molar-refractivity contribution >= 4 is 40.3 Å². The molecule has 0 amide bonds. The number of para-hydroxylation sites is 1. The number of rotatable bonds is 9. The van der Waals surface area contributed by atoms with Gasteiger partial charge >= 0.3 is 0 Å². The minimum Gasteiger partial charge on any atom is -0.493 e. The number of nitrogens with zero attached hydrogens (tertiary/aromatic N) is 3. The van der Waals surface area contributed by atoms with Crippen LogP contribution in [0.2, 0.25) is 10.0 Å². The highest BCUT2D eigenvalue weighted by Gasteiger charge is 2.15. The molecule has 40 heavy (non-hydrogen) atoms. The van der Waals surface area contributed by atoms with E-state index >= 15 is 0 Å². The van der Waals surface area contributed by atoms with Crippen LogP contribution in [0.3, 0.4) is 0 Å². The molecule has 1 aromatic heterocycles. The van der Waals surface area contributed by atoms with Crippen molar-refractivity contribution < 1.29 is 9.47 Å². The maximum Gasteiger partial charge on any atom is 0.282 e. The van der Waals surface area contributed by atoms with Gasteiger partial charge in [0.2, 0.25) is 0 Å². The summed E-state index contributed by atoms with van der Waals surface area (Å²) in [4.78, 5) is 18.2. The van der Waals surface area contributed by atoms with Gasteiger partial charge in [-0.1, -0.05) is 77.8 Å². The van der Waals surface area contributed by atoms with Crippen LogP contribution in [0.1, 0.15) is 16.7 Å². The summed E-state index contributed by atoms with van der Waals surface area (Å²) >= 11 is 12.4. The van der Waals surface area contributed by atoms with Crippen LogP contribution in [0.25, 0.3) is 22.3 Å². The molecule has 0 aliphatic heterocycles. The van der Waals surface area contributed by atoms with E-state index in [2.05, 4.69) is 11.7 Å². The van der Waals surface area contributed by atoms with Gasteiger partial charge in [0.15, 0.2) is 17.3 Å². The van der Waals surface area contributed by atoms with Crippen molar-refractivity contribution in [1.82, 2.24) is 9.66 Å². The molecule has 6 nitrogen and oxygen atoms in total. The predicted molar refractivity (Wildman–Crippen MR) is 162 cm³/mol. The fourth-order valence-corrected chi connectivity index (χ4v) is 4.76. The summed E-state index contributed by atoms with van der Waals surface area (Å²) in [6, 6.07) is 25.7. The van der Waals surface area contributed by atoms with Crippen LogP contribution >= 0.6 is 23.2 Å². The van der Waals surface area contributed by atoms with Gasteiger partial charge in [0.1, 0.15) is 6.61 Å². The second-order valence-corrected chi connectivity index (χ2v) is 9.75. The second-order valence-electron chi connectivity index (χ2n) is 8.91. The van der Waals surface area contributed by atoms with Crippen molar-refractivity contribution in [3.63, 3.8) is 0 Å². The van der Waals surface area contributed by atoms with Gasteiger partial charge in [-0.25, -0.2) is 4.98 Å². The third-order valence-corrected chi connectivity index (χ3v) is 6.82. The molecule has 0 bridgehead atoms. The summed E-state index contributed by atoms with van der Waals surface area (Å²) in [5.74, 6) is 1.52. The summed E-state index contributed by atoms with van der Waals surface area (Å²) in [5.41, 5.74) is 3.46. The van der Waals surface area contributed by atoms with Gasteiger partial charge in [-0.2, -0.15) is 9.78 Å². The van der Waals surface area contributed by atoms with Crippen molar-refractivity contribution in [1.29, 1.82) is 0 Å². The Balaban J connectivity index is 1.55. The minimum absolute atomic E-state index is 0.225. The zero-order chi connectivity index (χ0) is 28.1. The average molecular weight is 570 g/mol. The van der Waals surface area contributed by atoms with Gasteiger partial charge in [-0.15, -0.1) is 6.58 Å². The summed E-state index contributed by atoms with van der Waals surface area (Å²) in [7, 11) is 1.57. The van der Waals surface area contributed by atoms with E-state index in [0.29, 0.717) is 50.3 Å². The lowest BCUT2D eigenvalue weighted by molar-refractivity contribution is 0.282. The van der Waals surface area contributed by atoms with Gasteiger partial charge in [0, 0.05) is 26.7 Å². The Bertz CT molecular complexity index is 1780. The first-order valence-electron chi connectivity index (χ1n) is 12.5. The zero-order valence-electron chi connectivity index (χ0n) is 21.7. The standard InChI is InChI=1S/C32H25Cl2N3O3/c1-3-9-23-16-21(17-29(39-2)30(23)40-20-24-14-15-25(33)18-27(24)34)19-35-37-31(22-10-5-4-6-11-22)36-28-13-8-7-12-26(28)32(37)38/h3-8,10-19H,1,9,20H2,2H3. The smallest absolute Gasteiger partial charge is 0.282 e. The fraction of sp³-hybridized carbons (Fsp3) is 0.0938. The molecule has 4 aromatic carbocycles. The molecule has 0 atom stereocenters. The monoisotopic (exact) mass is 569 g/mol. The predicted octanol–water partition coefficient (Wildman–Crippen LogP) is 7.57. The van der Waals surface area contributed by atoms with Gasteiger partial charge in [-0.05, 0) is 48.4 Å². The number of allylic oxidation sites excluding steroid dienone is 1. The van der Waals surface area contributed by atoms with Crippen LogP contribution < -0.4 is 15.0 Å². The maximum atomic E-state index is 13.5. The maximum absolute atomic E-state index is 13.5. The van der Waals surface area contributed by atoms with Crippen LogP contribution in [0, 0.1) is 0 Å². The van der Waals surface area contributed by atoms with Crippen LogP contribution in [0.4, 0.5) is 0 Å². The molecule has 5 aromatic rings. The van der Waals surface area contributed by atoms with E-state index in [1.165, 1.54) is 4.68 Å². The molecule has 0 aliphatic carbocycles. The molecule has 0 aliphatic rings. The first-order chi connectivity index (χ1) is 19.5. The highest BCUT2D eigenvalue weighted by Crippen LogP contribution is 2.35. The number of benzene rings is 4. The lowest BCUT2D eigenvalue weighted by Gasteiger charge is -2.16. The Morgan fingerprint density at radius 2 is 1.75 bits per heavy atom. The summed E-state index contributed by atoms with van der Waals surface area (Å²) in [6.07, 6.45) is 3.91. The van der Waals surface area contributed by atoms with Gasteiger partial charge in [0.05, 0.1) is 24.2 Å². The Hall–Kier alpha value is -4.39. The van der Waals surface area contributed by atoms with Gasteiger partial charge in [0.25, 0.3) is 5.56 Å². The molecular formula is C32H25Cl2N3O3. The Morgan fingerprint density at radius 3 is 2.50 bits per heavy atom. The number of hydrogen-bond donors (Lipinski definition) is 0. The number of halogens is 2. The summed E-state index contributed by atoms with van der Waals surface area (Å²) in [6.45, 7) is 4.11. The van der Waals surface area contributed by atoms with E-state index in [4.69, 9.17) is 37.7 Å². The molecule has 0 fully saturated rings. The number of fused-ring (bicyclic) bond motifs is 1. The van der Waals surface area contributed by atoms with Crippen molar-refractivity contribution in [2.24, 2.45) is 5.10 Å². The molecule has 0 saturated carbocycles. The van der Waals surface area contributed by atoms with Crippen LogP contribution in [0.15, 0.2) is 107 Å². The van der Waals surface area contributed by atoms with E-state index in [-0.39, 0.29) is 12.2 Å². The van der Waals surface area contributed by atoms with E-state index in [9.17, 15) is 4.79 Å². The zero-order valence-corrected chi connectivity index (χ0v) is 23.2. The third kappa shape index (κ3) is 5.78. The first kappa shape index (κ1) is 27.2. The quantitative estimate of drug-likeness (QED) is 0.135. The van der Waals surface area contributed by atoms with Gasteiger partial charge < -0.3 is 9.47 Å². The topological polar surface area (TPSA) is 65.7 Å². The molecule has 0 radical (unpaired) electrons. The minimum atomic E-state index is -0.265. The first-order valence-corrected chi connectivity index (χ1v) is 13.2. The largest absolute Gasteiger partial charge is 0.493 e. The Kier molecular flexibility index (Phi) is 8.29. The molecule has 0 saturated heterocycles. The second kappa shape index (κ2) is 12.2. The van der Waals surface area contributed by atoms with Crippen molar-refractivity contribution in [3.8, 4) is 22.9 Å². The van der Waals surface area contributed by atoms with E-state index < -0.39 is 0 Å². The molecular weight excluding hydrogens is 545 g/mol. The number of ether oxygens (including phenoxy) is 2. The van der Waals surface area contributed by atoms with Crippen molar-refractivity contribution in [2.75, 3.05) is 7.11 Å². The molecule has 0 spiro atoms. The molecule has 8 heteroatoms. The molecule has 200 valence electrons. The van der Waals surface area contributed by atoms with Crippen LogP contribution in [0.5, 0.6) is 11.5 Å². The Morgan fingerprint density at radius 1 is 0.975 bits per heavy atom. The fourth-order valence-electron chi connectivity index (χ4n) is 4.30. The molecule has 1 heterocycles. The molecule has 5 rings (SSSR count).